The first-order valence-corrected chi connectivity index (χ1v) is 7.99. The van der Waals surface area contributed by atoms with Crippen molar-refractivity contribution in [3.63, 3.8) is 0 Å². The van der Waals surface area contributed by atoms with Crippen LogP contribution in [-0.2, 0) is 9.59 Å². The van der Waals surface area contributed by atoms with Crippen molar-refractivity contribution in [2.45, 2.75) is 0 Å². The molecule has 3 rings (SSSR count). The monoisotopic (exact) mass is 363 g/mol. The Morgan fingerprint density at radius 1 is 1.12 bits per heavy atom. The van der Waals surface area contributed by atoms with Crippen LogP contribution in [0, 0.1) is 0 Å². The summed E-state index contributed by atoms with van der Waals surface area (Å²) in [6, 6.07) is 7.99. The van der Waals surface area contributed by atoms with Crippen LogP contribution in [0.3, 0.4) is 0 Å². The largest absolute Gasteiger partial charge is 0.478 e. The minimum atomic E-state index is -1.26. The van der Waals surface area contributed by atoms with Crippen LogP contribution in [-0.4, -0.2) is 53.3 Å². The predicted molar refractivity (Wildman–Crippen MR) is 96.2 cm³/mol. The molecule has 0 unspecified atom stereocenters. The van der Waals surface area contributed by atoms with Gasteiger partial charge in [0.25, 0.3) is 0 Å². The van der Waals surface area contributed by atoms with Gasteiger partial charge in [-0.1, -0.05) is 11.6 Å². The molecule has 0 amide bonds. The molecule has 3 N–H and O–H groups in total. The van der Waals surface area contributed by atoms with Crippen molar-refractivity contribution in [1.82, 2.24) is 10.3 Å². The van der Waals surface area contributed by atoms with Crippen molar-refractivity contribution in [2.75, 3.05) is 31.1 Å². The van der Waals surface area contributed by atoms with E-state index in [1.165, 1.54) is 11.1 Å². The Morgan fingerprint density at radius 2 is 1.76 bits per heavy atom. The second-order valence-corrected chi connectivity index (χ2v) is 5.67. The number of nitrogens with zero attached hydrogens (tertiary/aromatic N) is 2. The summed E-state index contributed by atoms with van der Waals surface area (Å²) in [7, 11) is 0. The lowest BCUT2D eigenvalue weighted by atomic mass is 10.1. The second kappa shape index (κ2) is 9.00. The summed E-state index contributed by atoms with van der Waals surface area (Å²) in [4.78, 5) is 25.9. The molecule has 0 radical (unpaired) electrons. The molecule has 1 aliphatic rings. The van der Waals surface area contributed by atoms with E-state index in [1.807, 2.05) is 18.3 Å². The number of carbonyl (C=O) groups is 2. The number of aliphatic carboxylic acids is 2. The summed E-state index contributed by atoms with van der Waals surface area (Å²) < 4.78 is 0. The maximum Gasteiger partial charge on any atom is 0.328 e. The van der Waals surface area contributed by atoms with Crippen LogP contribution in [0.15, 0.2) is 42.6 Å². The number of anilines is 1. The maximum atomic E-state index is 9.55. The van der Waals surface area contributed by atoms with Crippen LogP contribution in [0.1, 0.15) is 0 Å². The topological polar surface area (TPSA) is 103 Å². The first kappa shape index (κ1) is 18.7. The number of nitrogens with one attached hydrogen (secondary N) is 1. The molecule has 1 aromatic heterocycles. The SMILES string of the molecule is Clc1ccc2c(N3CCNCC3)ccnc2c1.O=C(O)C=CC(=O)O. The number of piperazine rings is 1. The number of benzene rings is 1. The fraction of sp³-hybridized carbons (Fsp3) is 0.235. The molecule has 2 heterocycles. The number of pyridine rings is 1. The van der Waals surface area contributed by atoms with Gasteiger partial charge >= 0.3 is 11.9 Å². The van der Waals surface area contributed by atoms with Crippen LogP contribution >= 0.6 is 11.6 Å². The van der Waals surface area contributed by atoms with Gasteiger partial charge in [0.05, 0.1) is 5.52 Å². The average molecular weight is 364 g/mol. The molecule has 25 heavy (non-hydrogen) atoms. The van der Waals surface area contributed by atoms with Gasteiger partial charge in [-0.25, -0.2) is 9.59 Å². The summed E-state index contributed by atoms with van der Waals surface area (Å²) in [5, 5.41) is 20.9. The number of carboxylic acids is 2. The molecular formula is C17H18ClN3O4. The minimum Gasteiger partial charge on any atom is -0.478 e. The number of rotatable bonds is 3. The van der Waals surface area contributed by atoms with Crippen molar-refractivity contribution >= 4 is 40.1 Å². The number of halogens is 1. The minimum absolute atomic E-state index is 0.558. The zero-order valence-electron chi connectivity index (χ0n) is 13.4. The third-order valence-electron chi connectivity index (χ3n) is 3.51. The van der Waals surface area contributed by atoms with Gasteiger partial charge in [0.1, 0.15) is 0 Å². The summed E-state index contributed by atoms with van der Waals surface area (Å²) in [6.45, 7) is 4.16. The number of aromatic nitrogens is 1. The fourth-order valence-electron chi connectivity index (χ4n) is 2.43. The van der Waals surface area contributed by atoms with Crippen LogP contribution in [0.5, 0.6) is 0 Å². The lowest BCUT2D eigenvalue weighted by Crippen LogP contribution is -2.43. The summed E-state index contributed by atoms with van der Waals surface area (Å²) in [5.41, 5.74) is 2.22. The molecule has 2 aromatic rings. The molecule has 0 bridgehead atoms. The number of hydrogen-bond donors (Lipinski definition) is 3. The van der Waals surface area contributed by atoms with Crippen LogP contribution < -0.4 is 10.2 Å². The number of hydrogen-bond acceptors (Lipinski definition) is 5. The lowest BCUT2D eigenvalue weighted by molar-refractivity contribution is -0.134. The van der Waals surface area contributed by atoms with E-state index in [4.69, 9.17) is 21.8 Å². The Hall–Kier alpha value is -2.64. The van der Waals surface area contributed by atoms with Crippen molar-refractivity contribution in [3.8, 4) is 0 Å². The van der Waals surface area contributed by atoms with Crippen molar-refractivity contribution in [2.24, 2.45) is 0 Å². The third kappa shape index (κ3) is 5.74. The highest BCUT2D eigenvalue weighted by atomic mass is 35.5. The second-order valence-electron chi connectivity index (χ2n) is 5.24. The first-order chi connectivity index (χ1) is 12.0. The standard InChI is InChI=1S/C13H14ClN3.C4H4O4/c14-10-1-2-11-12(9-10)16-4-3-13(11)17-7-5-15-6-8-17;5-3(6)1-2-4(7)8/h1-4,9,15H,5-8H2;1-2H,(H,5,6)(H,7,8). The predicted octanol–water partition coefficient (Wildman–Crippen LogP) is 2.01. The van der Waals surface area contributed by atoms with E-state index in [0.29, 0.717) is 12.2 Å². The smallest absolute Gasteiger partial charge is 0.328 e. The quantitative estimate of drug-likeness (QED) is 0.717. The van der Waals surface area contributed by atoms with Crippen LogP contribution in [0.4, 0.5) is 5.69 Å². The van der Waals surface area contributed by atoms with E-state index in [1.54, 1.807) is 0 Å². The third-order valence-corrected chi connectivity index (χ3v) is 3.74. The Morgan fingerprint density at radius 3 is 2.36 bits per heavy atom. The van der Waals surface area contributed by atoms with Gasteiger partial charge in [-0.3, -0.25) is 4.98 Å². The number of fused-ring (bicyclic) bond motifs is 1. The molecule has 0 spiro atoms. The molecule has 0 atom stereocenters. The van der Waals surface area contributed by atoms with Gasteiger partial charge in [0.15, 0.2) is 0 Å². The van der Waals surface area contributed by atoms with E-state index in [2.05, 4.69) is 27.3 Å². The van der Waals surface area contributed by atoms with Gasteiger partial charge in [-0.15, -0.1) is 0 Å². The molecule has 132 valence electrons. The van der Waals surface area contributed by atoms with E-state index < -0.39 is 11.9 Å². The Balaban J connectivity index is 0.000000242. The first-order valence-electron chi connectivity index (χ1n) is 7.61. The molecule has 1 aromatic carbocycles. The zero-order valence-corrected chi connectivity index (χ0v) is 14.1. The normalized spacial score (nSPS) is 14.2. The summed E-state index contributed by atoms with van der Waals surface area (Å²) in [5.74, 6) is -2.51. The van der Waals surface area contributed by atoms with Crippen molar-refractivity contribution < 1.29 is 19.8 Å². The molecule has 1 saturated heterocycles. The van der Waals surface area contributed by atoms with E-state index in [9.17, 15) is 9.59 Å². The van der Waals surface area contributed by atoms with Gasteiger partial charge < -0.3 is 20.4 Å². The molecule has 1 fully saturated rings. The fourth-order valence-corrected chi connectivity index (χ4v) is 2.60. The molecule has 7 nitrogen and oxygen atoms in total. The molecule has 8 heteroatoms. The van der Waals surface area contributed by atoms with Crippen molar-refractivity contribution in [3.05, 3.63) is 47.6 Å². The Labute approximate surface area is 149 Å². The van der Waals surface area contributed by atoms with E-state index in [-0.39, 0.29) is 0 Å². The Kier molecular flexibility index (Phi) is 6.73. The highest BCUT2D eigenvalue weighted by Crippen LogP contribution is 2.27. The summed E-state index contributed by atoms with van der Waals surface area (Å²) in [6.07, 6.45) is 2.97. The van der Waals surface area contributed by atoms with E-state index >= 15 is 0 Å². The lowest BCUT2D eigenvalue weighted by Gasteiger charge is -2.30. The number of carboxylic acid groups (broad SMARTS) is 2. The van der Waals surface area contributed by atoms with Crippen LogP contribution in [0.25, 0.3) is 10.9 Å². The molecule has 0 aliphatic carbocycles. The van der Waals surface area contributed by atoms with Gasteiger partial charge in [-0.05, 0) is 24.3 Å². The maximum absolute atomic E-state index is 9.55. The van der Waals surface area contributed by atoms with Gasteiger partial charge in [0.2, 0.25) is 0 Å². The van der Waals surface area contributed by atoms with E-state index in [0.717, 1.165) is 36.7 Å². The Bertz CT molecular complexity index is 773. The summed E-state index contributed by atoms with van der Waals surface area (Å²) >= 11 is 5.99. The molecule has 1 aliphatic heterocycles. The van der Waals surface area contributed by atoms with Crippen LogP contribution in [0.2, 0.25) is 5.02 Å². The average Bonchev–Trinajstić information content (AvgIpc) is 2.60. The molecular weight excluding hydrogens is 346 g/mol. The highest BCUT2D eigenvalue weighted by molar-refractivity contribution is 6.31. The molecule has 0 saturated carbocycles. The van der Waals surface area contributed by atoms with Crippen molar-refractivity contribution in [1.29, 1.82) is 0 Å². The zero-order chi connectivity index (χ0) is 18.2. The van der Waals surface area contributed by atoms with Gasteiger partial charge in [-0.2, -0.15) is 0 Å². The van der Waals surface area contributed by atoms with Gasteiger partial charge in [0, 0.05) is 60.6 Å². The highest BCUT2D eigenvalue weighted by Gasteiger charge is 2.13.